The summed E-state index contributed by atoms with van der Waals surface area (Å²) in [6, 6.07) is 12.8. The summed E-state index contributed by atoms with van der Waals surface area (Å²) >= 11 is 1.20. The number of anilines is 1. The first-order chi connectivity index (χ1) is 14.8. The monoisotopic (exact) mass is 447 g/mol. The second-order valence-electron chi connectivity index (χ2n) is 6.52. The summed E-state index contributed by atoms with van der Waals surface area (Å²) in [5, 5.41) is 12.6. The van der Waals surface area contributed by atoms with E-state index in [1.807, 2.05) is 37.5 Å². The Morgan fingerprint density at radius 3 is 2.65 bits per heavy atom. The average Bonchev–Trinajstić information content (AvgIpc) is 3.30. The second kappa shape index (κ2) is 8.34. The Balaban J connectivity index is 1.38. The molecule has 0 aliphatic rings. The molecule has 0 spiro atoms. The molecule has 0 atom stereocenters. The summed E-state index contributed by atoms with van der Waals surface area (Å²) < 4.78 is 42.2. The molecule has 160 valence electrons. The van der Waals surface area contributed by atoms with Gasteiger partial charge in [-0.1, -0.05) is 30.0 Å². The third kappa shape index (κ3) is 4.82. The van der Waals surface area contributed by atoms with Gasteiger partial charge in [-0.15, -0.1) is 23.4 Å². The van der Waals surface area contributed by atoms with Crippen LogP contribution in [-0.4, -0.2) is 37.8 Å². The van der Waals surface area contributed by atoms with Gasteiger partial charge in [-0.3, -0.25) is 4.79 Å². The largest absolute Gasteiger partial charge is 0.573 e. The van der Waals surface area contributed by atoms with Gasteiger partial charge in [0.25, 0.3) is 0 Å². The number of hydrogen-bond donors (Lipinski definition) is 2. The van der Waals surface area contributed by atoms with E-state index in [1.165, 1.54) is 23.9 Å². The van der Waals surface area contributed by atoms with Gasteiger partial charge in [0, 0.05) is 35.4 Å². The number of benzene rings is 2. The lowest BCUT2D eigenvalue weighted by Crippen LogP contribution is -2.17. The predicted octanol–water partition coefficient (Wildman–Crippen LogP) is 4.59. The second-order valence-corrected chi connectivity index (χ2v) is 7.46. The van der Waals surface area contributed by atoms with Crippen molar-refractivity contribution in [3.8, 4) is 17.1 Å². The number of fused-ring (bicyclic) bond motifs is 1. The zero-order valence-corrected chi connectivity index (χ0v) is 16.9. The van der Waals surface area contributed by atoms with E-state index < -0.39 is 6.36 Å². The van der Waals surface area contributed by atoms with Crippen LogP contribution in [0.25, 0.3) is 22.3 Å². The maximum absolute atomic E-state index is 12.2. The lowest BCUT2D eigenvalue weighted by atomic mass is 10.1. The molecule has 2 heterocycles. The summed E-state index contributed by atoms with van der Waals surface area (Å²) in [6.45, 7) is 0. The highest BCUT2D eigenvalue weighted by atomic mass is 32.2. The maximum Gasteiger partial charge on any atom is 0.573 e. The Bertz CT molecular complexity index is 1220. The molecule has 4 aromatic rings. The average molecular weight is 447 g/mol. The summed E-state index contributed by atoms with van der Waals surface area (Å²) in [4.78, 5) is 15.4. The van der Waals surface area contributed by atoms with Gasteiger partial charge >= 0.3 is 6.36 Å². The maximum atomic E-state index is 12.2. The summed E-state index contributed by atoms with van der Waals surface area (Å²) in [7, 11) is 1.82. The van der Waals surface area contributed by atoms with Gasteiger partial charge < -0.3 is 19.6 Å². The van der Waals surface area contributed by atoms with Crippen LogP contribution in [0.1, 0.15) is 0 Å². The van der Waals surface area contributed by atoms with E-state index in [1.54, 1.807) is 4.57 Å². The summed E-state index contributed by atoms with van der Waals surface area (Å²) in [5.74, 6) is 0.0382. The van der Waals surface area contributed by atoms with Crippen LogP contribution in [0.4, 0.5) is 18.9 Å². The number of amides is 1. The number of hydrogen-bond acceptors (Lipinski definition) is 5. The predicted molar refractivity (Wildman–Crippen MR) is 111 cm³/mol. The van der Waals surface area contributed by atoms with E-state index in [0.29, 0.717) is 16.7 Å². The van der Waals surface area contributed by atoms with Crippen LogP contribution < -0.4 is 10.1 Å². The van der Waals surface area contributed by atoms with Crippen LogP contribution in [0.5, 0.6) is 5.75 Å². The molecule has 2 aromatic heterocycles. The molecule has 0 aliphatic heterocycles. The minimum atomic E-state index is -4.76. The van der Waals surface area contributed by atoms with Crippen molar-refractivity contribution in [2.75, 3.05) is 11.1 Å². The van der Waals surface area contributed by atoms with Gasteiger partial charge in [0.1, 0.15) is 5.75 Å². The standard InChI is InChI=1S/C20H16F3N5O2S/c1-28-18(15-10-24-16-5-3-2-4-14(15)16)26-27-19(28)31-11-17(29)25-12-6-8-13(9-7-12)30-20(21,22)23/h2-10,24H,11H2,1H3,(H,25,29). The molecule has 0 aliphatic carbocycles. The minimum Gasteiger partial charge on any atom is -0.406 e. The molecule has 2 aromatic carbocycles. The summed E-state index contributed by atoms with van der Waals surface area (Å²) in [6.07, 6.45) is -2.90. The van der Waals surface area contributed by atoms with Crippen LogP contribution in [0.3, 0.4) is 0 Å². The van der Waals surface area contributed by atoms with E-state index in [0.717, 1.165) is 28.6 Å². The zero-order valence-electron chi connectivity index (χ0n) is 16.1. The molecule has 0 saturated carbocycles. The Morgan fingerprint density at radius 2 is 1.90 bits per heavy atom. The van der Waals surface area contributed by atoms with Gasteiger partial charge in [0.2, 0.25) is 5.91 Å². The number of halogens is 3. The topological polar surface area (TPSA) is 84.8 Å². The first kappa shape index (κ1) is 20.8. The Kier molecular flexibility index (Phi) is 5.59. The lowest BCUT2D eigenvalue weighted by Gasteiger charge is -2.10. The fourth-order valence-electron chi connectivity index (χ4n) is 3.00. The number of nitrogens with one attached hydrogen (secondary N) is 2. The minimum absolute atomic E-state index is 0.0562. The van der Waals surface area contributed by atoms with Crippen molar-refractivity contribution in [1.29, 1.82) is 0 Å². The third-order valence-corrected chi connectivity index (χ3v) is 5.39. The summed E-state index contributed by atoms with van der Waals surface area (Å²) in [5.41, 5.74) is 2.25. The third-order valence-electron chi connectivity index (χ3n) is 4.37. The van der Waals surface area contributed by atoms with Crippen molar-refractivity contribution in [2.45, 2.75) is 11.5 Å². The zero-order chi connectivity index (χ0) is 22.0. The molecule has 7 nitrogen and oxygen atoms in total. The van der Waals surface area contributed by atoms with Crippen molar-refractivity contribution in [3.05, 3.63) is 54.7 Å². The van der Waals surface area contributed by atoms with Crippen molar-refractivity contribution in [3.63, 3.8) is 0 Å². The number of ether oxygens (including phenoxy) is 1. The first-order valence-corrected chi connectivity index (χ1v) is 10.0. The number of carbonyl (C=O) groups excluding carboxylic acids is 1. The number of rotatable bonds is 6. The van der Waals surface area contributed by atoms with Crippen LogP contribution >= 0.6 is 11.8 Å². The smallest absolute Gasteiger partial charge is 0.406 e. The van der Waals surface area contributed by atoms with Gasteiger partial charge in [-0.25, -0.2) is 0 Å². The fourth-order valence-corrected chi connectivity index (χ4v) is 3.71. The van der Waals surface area contributed by atoms with Crippen LogP contribution in [0.2, 0.25) is 0 Å². The molecular weight excluding hydrogens is 431 g/mol. The number of aromatic amines is 1. The molecule has 0 radical (unpaired) electrons. The molecule has 0 unspecified atom stereocenters. The van der Waals surface area contributed by atoms with Gasteiger partial charge in [-0.2, -0.15) is 0 Å². The SMILES string of the molecule is Cn1c(SCC(=O)Nc2ccc(OC(F)(F)F)cc2)nnc1-c1c[nH]c2ccccc12. The van der Waals surface area contributed by atoms with Crippen molar-refractivity contribution in [2.24, 2.45) is 7.05 Å². The van der Waals surface area contributed by atoms with Gasteiger partial charge in [0.15, 0.2) is 11.0 Å². The molecule has 0 fully saturated rings. The van der Waals surface area contributed by atoms with Gasteiger partial charge in [0.05, 0.1) is 5.75 Å². The number of nitrogens with zero attached hydrogens (tertiary/aromatic N) is 3. The van der Waals surface area contributed by atoms with E-state index in [2.05, 4.69) is 25.2 Å². The van der Waals surface area contributed by atoms with Crippen LogP contribution in [0, 0.1) is 0 Å². The van der Waals surface area contributed by atoms with Crippen LogP contribution in [0.15, 0.2) is 59.9 Å². The van der Waals surface area contributed by atoms with Crippen molar-refractivity contribution in [1.82, 2.24) is 19.7 Å². The van der Waals surface area contributed by atoms with E-state index in [9.17, 15) is 18.0 Å². The number of H-pyrrole nitrogens is 1. The molecule has 0 saturated heterocycles. The number of carbonyl (C=O) groups is 1. The first-order valence-electron chi connectivity index (χ1n) is 9.04. The lowest BCUT2D eigenvalue weighted by molar-refractivity contribution is -0.274. The molecule has 4 rings (SSSR count). The van der Waals surface area contributed by atoms with Crippen molar-refractivity contribution < 1.29 is 22.7 Å². The highest BCUT2D eigenvalue weighted by molar-refractivity contribution is 7.99. The van der Waals surface area contributed by atoms with Gasteiger partial charge in [-0.05, 0) is 30.3 Å². The van der Waals surface area contributed by atoms with Crippen LogP contribution in [-0.2, 0) is 11.8 Å². The number of alkyl halides is 3. The van der Waals surface area contributed by atoms with E-state index >= 15 is 0 Å². The number of para-hydroxylation sites is 1. The quantitative estimate of drug-likeness (QED) is 0.422. The molecular formula is C20H16F3N5O2S. The van der Waals surface area contributed by atoms with Crippen molar-refractivity contribution >= 4 is 34.3 Å². The fraction of sp³-hybridized carbons (Fsp3) is 0.150. The molecule has 11 heteroatoms. The molecule has 2 N–H and O–H groups in total. The number of aromatic nitrogens is 4. The highest BCUT2D eigenvalue weighted by Crippen LogP contribution is 2.29. The Hall–Kier alpha value is -3.47. The Morgan fingerprint density at radius 1 is 1.16 bits per heavy atom. The highest BCUT2D eigenvalue weighted by Gasteiger charge is 2.31. The molecule has 0 bridgehead atoms. The normalized spacial score (nSPS) is 11.6. The van der Waals surface area contributed by atoms with E-state index in [4.69, 9.17) is 0 Å². The Labute approximate surface area is 178 Å². The molecule has 1 amide bonds. The molecule has 31 heavy (non-hydrogen) atoms. The van der Waals surface area contributed by atoms with E-state index in [-0.39, 0.29) is 17.4 Å². The number of thioether (sulfide) groups is 1.